The van der Waals surface area contributed by atoms with E-state index in [-0.39, 0.29) is 16.5 Å². The normalized spacial score (nSPS) is 11.2. The van der Waals surface area contributed by atoms with E-state index in [1.165, 1.54) is 19.4 Å². The zero-order valence-corrected chi connectivity index (χ0v) is 11.7. The first kappa shape index (κ1) is 14.3. The van der Waals surface area contributed by atoms with Gasteiger partial charge >= 0.3 is 0 Å². The zero-order chi connectivity index (χ0) is 14.8. The van der Waals surface area contributed by atoms with Crippen molar-refractivity contribution in [3.05, 3.63) is 47.9 Å². The molecule has 2 aromatic rings. The van der Waals surface area contributed by atoms with E-state index in [1.807, 2.05) is 0 Å². The van der Waals surface area contributed by atoms with Gasteiger partial charge < -0.3 is 4.74 Å². The standard InChI is InChI=1S/C13H13FN2O3S/c1-9-4-3-7-15-13(9)16-20(17,18)10-5-6-11(14)12(8-10)19-2/h3-8H,1-2H3,(H,15,16). The number of pyridine rings is 1. The number of rotatable bonds is 4. The van der Waals surface area contributed by atoms with Gasteiger partial charge in [-0.25, -0.2) is 17.8 Å². The molecule has 5 nitrogen and oxygen atoms in total. The van der Waals surface area contributed by atoms with Crippen LogP contribution in [0.25, 0.3) is 0 Å². The average Bonchev–Trinajstić information content (AvgIpc) is 2.41. The summed E-state index contributed by atoms with van der Waals surface area (Å²) in [7, 11) is -2.58. The van der Waals surface area contributed by atoms with E-state index >= 15 is 0 Å². The Balaban J connectivity index is 2.38. The molecule has 0 atom stereocenters. The minimum Gasteiger partial charge on any atom is -0.494 e. The third-order valence-electron chi connectivity index (χ3n) is 2.67. The summed E-state index contributed by atoms with van der Waals surface area (Å²) < 4.78 is 44.8. The number of halogens is 1. The minimum atomic E-state index is -3.84. The number of nitrogens with zero attached hydrogens (tertiary/aromatic N) is 1. The topological polar surface area (TPSA) is 68.3 Å². The molecule has 0 amide bonds. The summed E-state index contributed by atoms with van der Waals surface area (Å²) >= 11 is 0. The number of benzene rings is 1. The van der Waals surface area contributed by atoms with Crippen LogP contribution in [-0.4, -0.2) is 20.5 Å². The Labute approximate surface area is 116 Å². The molecule has 0 spiro atoms. The lowest BCUT2D eigenvalue weighted by molar-refractivity contribution is 0.385. The van der Waals surface area contributed by atoms with Gasteiger partial charge in [0, 0.05) is 12.3 Å². The van der Waals surface area contributed by atoms with E-state index in [1.54, 1.807) is 19.1 Å². The predicted octanol–water partition coefficient (Wildman–Crippen LogP) is 2.34. The Morgan fingerprint density at radius 3 is 2.70 bits per heavy atom. The third kappa shape index (κ3) is 2.88. The van der Waals surface area contributed by atoms with Crippen LogP contribution in [0.15, 0.2) is 41.4 Å². The van der Waals surface area contributed by atoms with Crippen LogP contribution >= 0.6 is 0 Å². The van der Waals surface area contributed by atoms with Crippen molar-refractivity contribution in [2.45, 2.75) is 11.8 Å². The van der Waals surface area contributed by atoms with Crippen LogP contribution in [0, 0.1) is 12.7 Å². The highest BCUT2D eigenvalue weighted by Gasteiger charge is 2.18. The van der Waals surface area contributed by atoms with Crippen molar-refractivity contribution < 1.29 is 17.5 Å². The van der Waals surface area contributed by atoms with Gasteiger partial charge in [-0.15, -0.1) is 0 Å². The Morgan fingerprint density at radius 1 is 1.30 bits per heavy atom. The molecule has 0 aliphatic rings. The lowest BCUT2D eigenvalue weighted by Gasteiger charge is -2.10. The Hall–Kier alpha value is -2.15. The van der Waals surface area contributed by atoms with Crippen LogP contribution < -0.4 is 9.46 Å². The summed E-state index contributed by atoms with van der Waals surface area (Å²) in [6.45, 7) is 1.73. The SMILES string of the molecule is COc1cc(S(=O)(=O)Nc2ncccc2C)ccc1F. The maximum atomic E-state index is 13.3. The van der Waals surface area contributed by atoms with Gasteiger partial charge in [0.15, 0.2) is 11.6 Å². The fourth-order valence-corrected chi connectivity index (χ4v) is 2.68. The van der Waals surface area contributed by atoms with Crippen LogP contribution in [0.2, 0.25) is 0 Å². The monoisotopic (exact) mass is 296 g/mol. The van der Waals surface area contributed by atoms with E-state index in [0.29, 0.717) is 5.56 Å². The minimum absolute atomic E-state index is 0.0965. The number of ether oxygens (including phenoxy) is 1. The van der Waals surface area contributed by atoms with Crippen molar-refractivity contribution in [2.75, 3.05) is 11.8 Å². The second kappa shape index (κ2) is 5.46. The first-order chi connectivity index (χ1) is 9.44. The first-order valence-corrected chi connectivity index (χ1v) is 7.20. The number of hydrogen-bond donors (Lipinski definition) is 1. The summed E-state index contributed by atoms with van der Waals surface area (Å²) in [5.74, 6) is -0.526. The Bertz CT molecular complexity index is 732. The molecule has 0 saturated heterocycles. The average molecular weight is 296 g/mol. The number of nitrogens with one attached hydrogen (secondary N) is 1. The van der Waals surface area contributed by atoms with Gasteiger partial charge in [0.1, 0.15) is 5.82 Å². The number of aromatic nitrogens is 1. The summed E-state index contributed by atoms with van der Waals surface area (Å²) in [6, 6.07) is 6.76. The first-order valence-electron chi connectivity index (χ1n) is 5.72. The van der Waals surface area contributed by atoms with Crippen molar-refractivity contribution in [3.8, 4) is 5.75 Å². The molecule has 2 rings (SSSR count). The van der Waals surface area contributed by atoms with E-state index in [9.17, 15) is 12.8 Å². The Morgan fingerprint density at radius 2 is 2.05 bits per heavy atom. The predicted molar refractivity (Wildman–Crippen MR) is 72.7 cm³/mol. The number of sulfonamides is 1. The molecule has 0 radical (unpaired) electrons. The van der Waals surface area contributed by atoms with Gasteiger partial charge in [-0.1, -0.05) is 6.07 Å². The van der Waals surface area contributed by atoms with Crippen molar-refractivity contribution in [2.24, 2.45) is 0 Å². The smallest absolute Gasteiger partial charge is 0.263 e. The molecule has 0 aliphatic heterocycles. The van der Waals surface area contributed by atoms with Crippen LogP contribution in [-0.2, 0) is 10.0 Å². The summed E-state index contributed by atoms with van der Waals surface area (Å²) in [4.78, 5) is 3.86. The summed E-state index contributed by atoms with van der Waals surface area (Å²) in [5, 5.41) is 0. The Kier molecular flexibility index (Phi) is 3.89. The molecule has 106 valence electrons. The van der Waals surface area contributed by atoms with Crippen molar-refractivity contribution in [3.63, 3.8) is 0 Å². The highest BCUT2D eigenvalue weighted by Crippen LogP contribution is 2.23. The molecule has 0 saturated carbocycles. The quantitative estimate of drug-likeness (QED) is 0.940. The summed E-state index contributed by atoms with van der Waals surface area (Å²) in [5.41, 5.74) is 0.685. The molecule has 20 heavy (non-hydrogen) atoms. The van der Waals surface area contributed by atoms with Crippen molar-refractivity contribution in [1.82, 2.24) is 4.98 Å². The number of aryl methyl sites for hydroxylation is 1. The number of anilines is 1. The molecule has 1 heterocycles. The number of hydrogen-bond acceptors (Lipinski definition) is 4. The van der Waals surface area contributed by atoms with Gasteiger partial charge in [-0.2, -0.15) is 0 Å². The van der Waals surface area contributed by atoms with Gasteiger partial charge in [0.25, 0.3) is 10.0 Å². The van der Waals surface area contributed by atoms with Gasteiger partial charge in [-0.05, 0) is 30.7 Å². The van der Waals surface area contributed by atoms with Crippen LogP contribution in [0.4, 0.5) is 10.2 Å². The highest BCUT2D eigenvalue weighted by atomic mass is 32.2. The fourth-order valence-electron chi connectivity index (χ4n) is 1.59. The van der Waals surface area contributed by atoms with Gasteiger partial charge in [-0.3, -0.25) is 4.72 Å². The lowest BCUT2D eigenvalue weighted by atomic mass is 10.3. The second-order valence-corrected chi connectivity index (χ2v) is 5.75. The van der Waals surface area contributed by atoms with Gasteiger partial charge in [0.05, 0.1) is 12.0 Å². The lowest BCUT2D eigenvalue weighted by Crippen LogP contribution is -2.15. The van der Waals surface area contributed by atoms with E-state index in [0.717, 1.165) is 12.1 Å². The molecule has 0 fully saturated rings. The van der Waals surface area contributed by atoms with E-state index in [2.05, 4.69) is 9.71 Å². The summed E-state index contributed by atoms with van der Waals surface area (Å²) in [6.07, 6.45) is 1.48. The van der Waals surface area contributed by atoms with E-state index in [4.69, 9.17) is 4.74 Å². The van der Waals surface area contributed by atoms with Crippen LogP contribution in [0.3, 0.4) is 0 Å². The highest BCUT2D eigenvalue weighted by molar-refractivity contribution is 7.92. The molecule has 0 unspecified atom stereocenters. The maximum absolute atomic E-state index is 13.3. The molecule has 0 bridgehead atoms. The van der Waals surface area contributed by atoms with Gasteiger partial charge in [0.2, 0.25) is 0 Å². The molecule has 1 N–H and O–H groups in total. The molecule has 7 heteroatoms. The third-order valence-corrected chi connectivity index (χ3v) is 4.01. The zero-order valence-electron chi connectivity index (χ0n) is 10.9. The molecule has 0 aliphatic carbocycles. The molecular formula is C13H13FN2O3S. The number of methoxy groups -OCH3 is 1. The molecular weight excluding hydrogens is 283 g/mol. The maximum Gasteiger partial charge on any atom is 0.263 e. The largest absolute Gasteiger partial charge is 0.494 e. The van der Waals surface area contributed by atoms with Crippen molar-refractivity contribution >= 4 is 15.8 Å². The van der Waals surface area contributed by atoms with Crippen molar-refractivity contribution in [1.29, 1.82) is 0 Å². The second-order valence-electron chi connectivity index (χ2n) is 4.07. The van der Waals surface area contributed by atoms with E-state index < -0.39 is 15.8 Å². The van der Waals surface area contributed by atoms with Crippen LogP contribution in [0.5, 0.6) is 5.75 Å². The van der Waals surface area contributed by atoms with Crippen LogP contribution in [0.1, 0.15) is 5.56 Å². The molecule has 1 aromatic heterocycles. The molecule has 1 aromatic carbocycles. The fraction of sp³-hybridized carbons (Fsp3) is 0.154.